The van der Waals surface area contributed by atoms with Crippen LogP contribution in [0.2, 0.25) is 0 Å². The van der Waals surface area contributed by atoms with Crippen LogP contribution in [0.3, 0.4) is 0 Å². The van der Waals surface area contributed by atoms with Crippen molar-refractivity contribution in [3.63, 3.8) is 0 Å². The van der Waals surface area contributed by atoms with E-state index in [1.165, 1.54) is 0 Å². The molecular weight excluding hydrogens is 358 g/mol. The third-order valence-corrected chi connectivity index (χ3v) is 6.43. The first-order chi connectivity index (χ1) is 13.6. The van der Waals surface area contributed by atoms with E-state index >= 15 is 0 Å². The first-order valence-electron chi connectivity index (χ1n) is 10.1. The summed E-state index contributed by atoms with van der Waals surface area (Å²) in [5, 5.41) is 11.0. The van der Waals surface area contributed by atoms with Gasteiger partial charge in [-0.2, -0.15) is 0 Å². The Kier molecular flexibility index (Phi) is 4.32. The summed E-state index contributed by atoms with van der Waals surface area (Å²) in [5.74, 6) is 0.597. The largest absolute Gasteiger partial charge is 0.392 e. The highest BCUT2D eigenvalue weighted by atomic mass is 16.3. The van der Waals surface area contributed by atoms with Crippen molar-refractivity contribution in [1.29, 1.82) is 0 Å². The van der Waals surface area contributed by atoms with E-state index < -0.39 is 0 Å². The summed E-state index contributed by atoms with van der Waals surface area (Å²) < 4.78 is 1.78. The summed E-state index contributed by atoms with van der Waals surface area (Å²) in [7, 11) is 0. The Morgan fingerprint density at radius 1 is 1.14 bits per heavy atom. The maximum absolute atomic E-state index is 12.8. The van der Waals surface area contributed by atoms with Crippen LogP contribution in [0.5, 0.6) is 0 Å². The van der Waals surface area contributed by atoms with Crippen LogP contribution in [0.25, 0.3) is 21.9 Å². The number of fused-ring (bicyclic) bond motifs is 3. The highest BCUT2D eigenvalue weighted by Gasteiger charge is 2.28. The van der Waals surface area contributed by atoms with E-state index in [9.17, 15) is 14.7 Å². The Labute approximate surface area is 161 Å². The average Bonchev–Trinajstić information content (AvgIpc) is 3.31. The predicted molar refractivity (Wildman–Crippen MR) is 107 cm³/mol. The van der Waals surface area contributed by atoms with Crippen molar-refractivity contribution < 1.29 is 5.11 Å². The average molecular weight is 383 g/mol. The number of aromatic amines is 2. The molecule has 1 aliphatic heterocycles. The smallest absolute Gasteiger partial charge is 0.329 e. The SMILES string of the molecule is O=c1[nH]c(=O)n(C2CCC(CN3CC[C@@H](O)C3)CC2)c2c1cnc1[nH]ccc12. The van der Waals surface area contributed by atoms with E-state index in [1.807, 2.05) is 6.07 Å². The van der Waals surface area contributed by atoms with Gasteiger partial charge >= 0.3 is 5.69 Å². The quantitative estimate of drug-likeness (QED) is 0.633. The lowest BCUT2D eigenvalue weighted by atomic mass is 9.85. The summed E-state index contributed by atoms with van der Waals surface area (Å²) in [5.41, 5.74) is 0.657. The second kappa shape index (κ2) is 6.86. The number of H-pyrrole nitrogens is 2. The van der Waals surface area contributed by atoms with Crippen molar-refractivity contribution in [3.8, 4) is 0 Å². The number of likely N-dealkylation sites (tertiary alicyclic amines) is 1. The van der Waals surface area contributed by atoms with Crippen molar-refractivity contribution in [2.24, 2.45) is 5.92 Å². The molecule has 2 fully saturated rings. The number of aliphatic hydroxyl groups is 1. The fourth-order valence-corrected chi connectivity index (χ4v) is 5.02. The molecule has 8 nitrogen and oxygen atoms in total. The van der Waals surface area contributed by atoms with Gasteiger partial charge in [-0.15, -0.1) is 0 Å². The molecule has 1 saturated carbocycles. The van der Waals surface area contributed by atoms with Gasteiger partial charge in [-0.3, -0.25) is 14.3 Å². The molecule has 0 unspecified atom stereocenters. The van der Waals surface area contributed by atoms with E-state index in [-0.39, 0.29) is 23.4 Å². The molecular formula is C20H25N5O3. The zero-order valence-electron chi connectivity index (χ0n) is 15.7. The topological polar surface area (TPSA) is 107 Å². The van der Waals surface area contributed by atoms with Crippen LogP contribution in [0.4, 0.5) is 0 Å². The second-order valence-electron chi connectivity index (χ2n) is 8.27. The molecule has 5 rings (SSSR count). The number of nitrogens with zero attached hydrogens (tertiary/aromatic N) is 3. The fourth-order valence-electron chi connectivity index (χ4n) is 5.02. The number of hydrogen-bond donors (Lipinski definition) is 3. The minimum atomic E-state index is -0.381. The lowest BCUT2D eigenvalue weighted by Gasteiger charge is -2.32. The standard InChI is InChI=1S/C20H25N5O3/c26-14-6-8-24(11-14)10-12-1-3-13(4-2-12)25-17-15-5-7-21-18(15)22-9-16(17)19(27)23-20(25)28/h5,7,9,12-14,26H,1-4,6,8,10-11H2,(H,21,22)(H,23,27,28)/t12?,13?,14-/m1/s1. The Bertz CT molecular complexity index is 1120. The van der Waals surface area contributed by atoms with Gasteiger partial charge in [-0.25, -0.2) is 9.78 Å². The molecule has 0 bridgehead atoms. The lowest BCUT2D eigenvalue weighted by molar-refractivity contribution is 0.158. The molecule has 0 amide bonds. The maximum atomic E-state index is 12.8. The van der Waals surface area contributed by atoms with Gasteiger partial charge in [0.2, 0.25) is 0 Å². The molecule has 0 radical (unpaired) electrons. The molecule has 148 valence electrons. The molecule has 0 aromatic carbocycles. The number of rotatable bonds is 3. The fraction of sp³-hybridized carbons (Fsp3) is 0.550. The van der Waals surface area contributed by atoms with Crippen molar-refractivity contribution in [1.82, 2.24) is 24.4 Å². The van der Waals surface area contributed by atoms with Gasteiger partial charge in [0, 0.05) is 43.5 Å². The summed E-state index contributed by atoms with van der Waals surface area (Å²) in [6.07, 6.45) is 7.94. The van der Waals surface area contributed by atoms with Gasteiger partial charge < -0.3 is 15.0 Å². The van der Waals surface area contributed by atoms with E-state index in [0.29, 0.717) is 22.5 Å². The zero-order valence-corrected chi connectivity index (χ0v) is 15.7. The van der Waals surface area contributed by atoms with E-state index in [2.05, 4.69) is 19.9 Å². The summed E-state index contributed by atoms with van der Waals surface area (Å²) in [4.78, 5) is 37.3. The highest BCUT2D eigenvalue weighted by molar-refractivity contribution is 6.01. The predicted octanol–water partition coefficient (Wildman–Crippen LogP) is 1.36. The molecule has 1 saturated heterocycles. The number of aliphatic hydroxyl groups excluding tert-OH is 1. The zero-order chi connectivity index (χ0) is 19.3. The van der Waals surface area contributed by atoms with Crippen LogP contribution < -0.4 is 11.2 Å². The Hall–Kier alpha value is -2.45. The first kappa shape index (κ1) is 17.6. The molecule has 1 aliphatic carbocycles. The van der Waals surface area contributed by atoms with Crippen molar-refractivity contribution >= 4 is 21.9 Å². The minimum Gasteiger partial charge on any atom is -0.392 e. The number of β-amino-alcohol motifs (C(OH)–C–C–N with tert-alkyl or cyclic N) is 1. The molecule has 2 aliphatic rings. The van der Waals surface area contributed by atoms with Gasteiger partial charge in [-0.05, 0) is 44.1 Å². The second-order valence-corrected chi connectivity index (χ2v) is 8.27. The highest BCUT2D eigenvalue weighted by Crippen LogP contribution is 2.34. The number of aromatic nitrogens is 4. The number of nitrogens with one attached hydrogen (secondary N) is 2. The number of pyridine rings is 1. The van der Waals surface area contributed by atoms with Crippen LogP contribution in [0.1, 0.15) is 38.1 Å². The third kappa shape index (κ3) is 2.97. The number of hydrogen-bond acceptors (Lipinski definition) is 5. The normalized spacial score (nSPS) is 26.4. The van der Waals surface area contributed by atoms with Crippen molar-refractivity contribution in [2.45, 2.75) is 44.2 Å². The molecule has 3 aromatic heterocycles. The van der Waals surface area contributed by atoms with Gasteiger partial charge in [0.05, 0.1) is 17.0 Å². The first-order valence-corrected chi connectivity index (χ1v) is 10.1. The molecule has 4 heterocycles. The van der Waals surface area contributed by atoms with E-state index in [1.54, 1.807) is 17.0 Å². The molecule has 8 heteroatoms. The van der Waals surface area contributed by atoms with Gasteiger partial charge in [-0.1, -0.05) is 0 Å². The monoisotopic (exact) mass is 383 g/mol. The van der Waals surface area contributed by atoms with Crippen LogP contribution in [-0.2, 0) is 0 Å². The van der Waals surface area contributed by atoms with E-state index in [4.69, 9.17) is 0 Å². The summed E-state index contributed by atoms with van der Waals surface area (Å²) in [6, 6.07) is 1.96. The van der Waals surface area contributed by atoms with Crippen molar-refractivity contribution in [3.05, 3.63) is 39.3 Å². The molecule has 28 heavy (non-hydrogen) atoms. The maximum Gasteiger partial charge on any atom is 0.329 e. The van der Waals surface area contributed by atoms with Gasteiger partial charge in [0.1, 0.15) is 5.65 Å². The van der Waals surface area contributed by atoms with Crippen LogP contribution in [0.15, 0.2) is 28.0 Å². The molecule has 1 atom stereocenters. The summed E-state index contributed by atoms with van der Waals surface area (Å²) in [6.45, 7) is 2.78. The Morgan fingerprint density at radius 3 is 2.71 bits per heavy atom. The van der Waals surface area contributed by atoms with Crippen molar-refractivity contribution in [2.75, 3.05) is 19.6 Å². The Balaban J connectivity index is 1.45. The third-order valence-electron chi connectivity index (χ3n) is 6.43. The van der Waals surface area contributed by atoms with Gasteiger partial charge in [0.25, 0.3) is 5.56 Å². The van der Waals surface area contributed by atoms with Crippen LogP contribution in [0, 0.1) is 5.92 Å². The van der Waals surface area contributed by atoms with Gasteiger partial charge in [0.15, 0.2) is 0 Å². The minimum absolute atomic E-state index is 0.0766. The summed E-state index contributed by atoms with van der Waals surface area (Å²) >= 11 is 0. The van der Waals surface area contributed by atoms with Crippen LogP contribution >= 0.6 is 0 Å². The molecule has 3 aromatic rings. The lowest BCUT2D eigenvalue weighted by Crippen LogP contribution is -2.36. The Morgan fingerprint density at radius 2 is 1.96 bits per heavy atom. The van der Waals surface area contributed by atoms with E-state index in [0.717, 1.165) is 57.1 Å². The van der Waals surface area contributed by atoms with Crippen LogP contribution in [-0.4, -0.2) is 55.3 Å². The molecule has 3 N–H and O–H groups in total. The molecule has 0 spiro atoms.